The molecule has 1 aliphatic carbocycles. The standard InChI is InChI=1S/C18H27N3O3S.ClH/c1-13-3-6-15(25(23,24)21-14-4-5-14)11-16(13)17(22)20-12-18(2)7-9-19-10-8-18;/h3,6,11,14,19,21H,4-5,7-10,12H2,1-2H3,(H,20,22);1H. The molecule has 0 bridgehead atoms. The van der Waals surface area contributed by atoms with Crippen LogP contribution in [0.4, 0.5) is 0 Å². The Morgan fingerprint density at radius 2 is 1.92 bits per heavy atom. The van der Waals surface area contributed by atoms with Crippen LogP contribution in [0.3, 0.4) is 0 Å². The molecule has 0 unspecified atom stereocenters. The number of hydrogen-bond donors (Lipinski definition) is 3. The van der Waals surface area contributed by atoms with Gasteiger partial charge in [0.2, 0.25) is 10.0 Å². The number of rotatable bonds is 6. The van der Waals surface area contributed by atoms with Gasteiger partial charge in [-0.3, -0.25) is 4.79 Å². The topological polar surface area (TPSA) is 87.3 Å². The molecule has 1 saturated carbocycles. The number of piperidine rings is 1. The van der Waals surface area contributed by atoms with Gasteiger partial charge in [-0.25, -0.2) is 13.1 Å². The van der Waals surface area contributed by atoms with Crippen molar-refractivity contribution >= 4 is 28.3 Å². The second-order valence-electron chi connectivity index (χ2n) is 7.62. The second-order valence-corrected chi connectivity index (χ2v) is 9.33. The van der Waals surface area contributed by atoms with Gasteiger partial charge in [0, 0.05) is 18.2 Å². The first-order valence-electron chi connectivity index (χ1n) is 8.91. The number of amides is 1. The number of halogens is 1. The number of benzene rings is 1. The van der Waals surface area contributed by atoms with Crippen molar-refractivity contribution in [3.05, 3.63) is 29.3 Å². The Balaban J connectivity index is 0.00000243. The highest BCUT2D eigenvalue weighted by atomic mass is 35.5. The molecule has 0 radical (unpaired) electrons. The van der Waals surface area contributed by atoms with Gasteiger partial charge >= 0.3 is 0 Å². The van der Waals surface area contributed by atoms with E-state index in [4.69, 9.17) is 0 Å². The van der Waals surface area contributed by atoms with Crippen molar-refractivity contribution in [1.82, 2.24) is 15.4 Å². The van der Waals surface area contributed by atoms with Gasteiger partial charge in [0.25, 0.3) is 5.91 Å². The smallest absolute Gasteiger partial charge is 0.251 e. The van der Waals surface area contributed by atoms with Crippen molar-refractivity contribution < 1.29 is 13.2 Å². The third-order valence-electron chi connectivity index (χ3n) is 5.15. The van der Waals surface area contributed by atoms with E-state index >= 15 is 0 Å². The van der Waals surface area contributed by atoms with Crippen molar-refractivity contribution in [1.29, 1.82) is 0 Å². The molecule has 0 aromatic heterocycles. The van der Waals surface area contributed by atoms with Crippen LogP contribution in [-0.4, -0.2) is 40.0 Å². The number of carbonyl (C=O) groups is 1. The van der Waals surface area contributed by atoms with Crippen LogP contribution in [0.15, 0.2) is 23.1 Å². The van der Waals surface area contributed by atoms with Crippen LogP contribution in [0.1, 0.15) is 48.5 Å². The van der Waals surface area contributed by atoms with Crippen molar-refractivity contribution in [3.63, 3.8) is 0 Å². The second kappa shape index (κ2) is 8.25. The summed E-state index contributed by atoms with van der Waals surface area (Å²) in [5.74, 6) is -0.208. The number of nitrogens with one attached hydrogen (secondary N) is 3. The Kier molecular flexibility index (Phi) is 6.71. The number of carbonyl (C=O) groups excluding carboxylic acids is 1. The van der Waals surface area contributed by atoms with Gasteiger partial charge in [-0.1, -0.05) is 13.0 Å². The van der Waals surface area contributed by atoms with Crippen molar-refractivity contribution in [2.24, 2.45) is 5.41 Å². The van der Waals surface area contributed by atoms with Gasteiger partial charge in [-0.05, 0) is 68.8 Å². The molecule has 1 amide bonds. The van der Waals surface area contributed by atoms with E-state index in [1.807, 2.05) is 6.92 Å². The summed E-state index contributed by atoms with van der Waals surface area (Å²) in [6, 6.07) is 4.79. The molecule has 146 valence electrons. The molecule has 3 N–H and O–H groups in total. The van der Waals surface area contributed by atoms with E-state index in [9.17, 15) is 13.2 Å². The summed E-state index contributed by atoms with van der Waals surface area (Å²) in [4.78, 5) is 12.8. The summed E-state index contributed by atoms with van der Waals surface area (Å²) in [6.45, 7) is 6.54. The highest BCUT2D eigenvalue weighted by molar-refractivity contribution is 7.89. The zero-order valence-electron chi connectivity index (χ0n) is 15.3. The van der Waals surface area contributed by atoms with Crippen LogP contribution in [-0.2, 0) is 10.0 Å². The summed E-state index contributed by atoms with van der Waals surface area (Å²) in [5.41, 5.74) is 1.29. The van der Waals surface area contributed by atoms with Gasteiger partial charge in [0.1, 0.15) is 0 Å². The third-order valence-corrected chi connectivity index (χ3v) is 6.67. The highest BCUT2D eigenvalue weighted by Crippen LogP contribution is 2.27. The molecule has 1 aliphatic heterocycles. The summed E-state index contributed by atoms with van der Waals surface area (Å²) in [6.07, 6.45) is 3.80. The largest absolute Gasteiger partial charge is 0.351 e. The van der Waals surface area contributed by atoms with Crippen LogP contribution < -0.4 is 15.4 Å². The predicted octanol–water partition coefficient (Wildman–Crippen LogP) is 1.98. The average molecular weight is 402 g/mol. The van der Waals surface area contributed by atoms with Crippen LogP contribution >= 0.6 is 12.4 Å². The molecule has 3 rings (SSSR count). The third kappa shape index (κ3) is 5.19. The average Bonchev–Trinajstić information content (AvgIpc) is 3.37. The number of hydrogen-bond acceptors (Lipinski definition) is 4. The maximum atomic E-state index is 12.6. The van der Waals surface area contributed by atoms with Crippen LogP contribution in [0.2, 0.25) is 0 Å². The lowest BCUT2D eigenvalue weighted by Gasteiger charge is -2.34. The molecule has 2 fully saturated rings. The summed E-state index contributed by atoms with van der Waals surface area (Å²) in [7, 11) is -3.56. The van der Waals surface area contributed by atoms with E-state index in [0.717, 1.165) is 44.3 Å². The van der Waals surface area contributed by atoms with E-state index in [2.05, 4.69) is 22.3 Å². The van der Waals surface area contributed by atoms with E-state index in [1.54, 1.807) is 12.1 Å². The molecule has 8 heteroatoms. The fourth-order valence-corrected chi connectivity index (χ4v) is 4.43. The van der Waals surface area contributed by atoms with E-state index in [0.29, 0.717) is 12.1 Å². The van der Waals surface area contributed by atoms with E-state index in [1.165, 1.54) is 6.07 Å². The Morgan fingerprint density at radius 3 is 2.54 bits per heavy atom. The minimum Gasteiger partial charge on any atom is -0.351 e. The summed E-state index contributed by atoms with van der Waals surface area (Å²) < 4.78 is 27.4. The predicted molar refractivity (Wildman–Crippen MR) is 104 cm³/mol. The molecular weight excluding hydrogens is 374 g/mol. The normalized spacial score (nSPS) is 19.5. The van der Waals surface area contributed by atoms with Gasteiger partial charge in [-0.15, -0.1) is 12.4 Å². The van der Waals surface area contributed by atoms with Crippen molar-refractivity contribution in [2.45, 2.75) is 50.5 Å². The Hall–Kier alpha value is -1.15. The van der Waals surface area contributed by atoms with Gasteiger partial charge in [0.05, 0.1) is 4.90 Å². The van der Waals surface area contributed by atoms with Gasteiger partial charge < -0.3 is 10.6 Å². The maximum Gasteiger partial charge on any atom is 0.251 e. The maximum absolute atomic E-state index is 12.6. The molecule has 6 nitrogen and oxygen atoms in total. The Morgan fingerprint density at radius 1 is 1.27 bits per heavy atom. The monoisotopic (exact) mass is 401 g/mol. The Labute approximate surface area is 162 Å². The van der Waals surface area contributed by atoms with Gasteiger partial charge in [-0.2, -0.15) is 0 Å². The van der Waals surface area contributed by atoms with Crippen LogP contribution in [0.25, 0.3) is 0 Å². The summed E-state index contributed by atoms with van der Waals surface area (Å²) >= 11 is 0. The number of aryl methyl sites for hydroxylation is 1. The minimum atomic E-state index is -3.56. The molecule has 1 aromatic carbocycles. The van der Waals surface area contributed by atoms with Crippen molar-refractivity contribution in [2.75, 3.05) is 19.6 Å². The summed E-state index contributed by atoms with van der Waals surface area (Å²) in [5, 5.41) is 6.33. The quantitative estimate of drug-likeness (QED) is 0.680. The molecular formula is C18H28ClN3O3S. The lowest BCUT2D eigenvalue weighted by Crippen LogP contribution is -2.43. The molecule has 1 saturated heterocycles. The van der Waals surface area contributed by atoms with E-state index in [-0.39, 0.29) is 34.7 Å². The van der Waals surface area contributed by atoms with Crippen molar-refractivity contribution in [3.8, 4) is 0 Å². The fraction of sp³-hybridized carbons (Fsp3) is 0.611. The molecule has 0 atom stereocenters. The zero-order valence-corrected chi connectivity index (χ0v) is 16.9. The zero-order chi connectivity index (χ0) is 18.1. The number of sulfonamides is 1. The van der Waals surface area contributed by atoms with E-state index < -0.39 is 10.0 Å². The molecule has 0 spiro atoms. The van der Waals surface area contributed by atoms with Crippen LogP contribution in [0, 0.1) is 12.3 Å². The molecule has 1 aromatic rings. The molecule has 26 heavy (non-hydrogen) atoms. The SMILES string of the molecule is Cc1ccc(S(=O)(=O)NC2CC2)cc1C(=O)NCC1(C)CCNCC1.Cl. The first-order valence-corrected chi connectivity index (χ1v) is 10.4. The fourth-order valence-electron chi connectivity index (χ4n) is 3.10. The van der Waals surface area contributed by atoms with Crippen LogP contribution in [0.5, 0.6) is 0 Å². The minimum absolute atomic E-state index is 0. The highest BCUT2D eigenvalue weighted by Gasteiger charge is 2.29. The van der Waals surface area contributed by atoms with Gasteiger partial charge in [0.15, 0.2) is 0 Å². The lowest BCUT2D eigenvalue weighted by atomic mass is 9.81. The Bertz CT molecular complexity index is 757. The molecule has 2 aliphatic rings. The first-order chi connectivity index (χ1) is 11.8. The first kappa shape index (κ1) is 21.2. The lowest BCUT2D eigenvalue weighted by molar-refractivity contribution is 0.0921. The molecule has 1 heterocycles.